The number of aliphatic hydroxyl groups excluding tert-OH is 1. The number of methoxy groups -OCH3 is 1. The Morgan fingerprint density at radius 1 is 1.35 bits per heavy atom. The van der Waals surface area contributed by atoms with Crippen molar-refractivity contribution in [2.75, 3.05) is 13.7 Å². The lowest BCUT2D eigenvalue weighted by Gasteiger charge is -2.14. The molecule has 112 valence electrons. The number of aliphatic hydroxyl groups is 1. The molecule has 7 heteroatoms. The van der Waals surface area contributed by atoms with Crippen molar-refractivity contribution in [1.82, 2.24) is 4.72 Å². The van der Waals surface area contributed by atoms with Crippen LogP contribution in [0.25, 0.3) is 0 Å². The molecular formula is C13H19NO5S. The molecule has 0 radical (unpaired) electrons. The van der Waals surface area contributed by atoms with Crippen LogP contribution < -0.4 is 4.72 Å². The third kappa shape index (κ3) is 4.59. The molecule has 20 heavy (non-hydrogen) atoms. The molecule has 0 heterocycles. The molecule has 1 unspecified atom stereocenters. The van der Waals surface area contributed by atoms with Crippen LogP contribution in [0.1, 0.15) is 18.9 Å². The van der Waals surface area contributed by atoms with E-state index in [4.69, 9.17) is 5.11 Å². The normalized spacial score (nSPS) is 12.9. The van der Waals surface area contributed by atoms with E-state index in [1.54, 1.807) is 19.1 Å². The van der Waals surface area contributed by atoms with E-state index in [0.29, 0.717) is 12.0 Å². The van der Waals surface area contributed by atoms with Gasteiger partial charge in [0.1, 0.15) is 0 Å². The van der Waals surface area contributed by atoms with Crippen LogP contribution in [0.15, 0.2) is 29.2 Å². The maximum absolute atomic E-state index is 12.0. The third-order valence-corrected chi connectivity index (χ3v) is 4.38. The lowest BCUT2D eigenvalue weighted by atomic mass is 10.2. The molecule has 0 saturated carbocycles. The Morgan fingerprint density at radius 3 is 2.40 bits per heavy atom. The first-order chi connectivity index (χ1) is 9.42. The first-order valence-corrected chi connectivity index (χ1v) is 7.70. The molecule has 0 aromatic heterocycles. The summed E-state index contributed by atoms with van der Waals surface area (Å²) in [7, 11) is -2.36. The number of carbonyl (C=O) groups is 1. The number of sulfonamides is 1. The number of benzene rings is 1. The second-order valence-electron chi connectivity index (χ2n) is 4.31. The standard InChI is InChI=1S/C13H19NO5S/c1-3-11(9-15)14-20(17,18)12-6-4-10(5-7-12)8-13(16)19-2/h4-7,11,14-15H,3,8-9H2,1-2H3. The van der Waals surface area contributed by atoms with E-state index in [-0.39, 0.29) is 23.9 Å². The van der Waals surface area contributed by atoms with Crippen molar-refractivity contribution in [3.63, 3.8) is 0 Å². The predicted octanol–water partition coefficient (Wildman–Crippen LogP) is 0.451. The Bertz CT molecular complexity index is 534. The number of carbonyl (C=O) groups excluding carboxylic acids is 1. The summed E-state index contributed by atoms with van der Waals surface area (Å²) in [6.45, 7) is 1.53. The number of rotatable bonds is 7. The van der Waals surface area contributed by atoms with Gasteiger partial charge in [0, 0.05) is 6.04 Å². The quantitative estimate of drug-likeness (QED) is 0.713. The van der Waals surface area contributed by atoms with Crippen molar-refractivity contribution >= 4 is 16.0 Å². The van der Waals surface area contributed by atoms with Crippen LogP contribution in [0.4, 0.5) is 0 Å². The Hall–Kier alpha value is -1.44. The summed E-state index contributed by atoms with van der Waals surface area (Å²) in [5, 5.41) is 9.03. The minimum atomic E-state index is -3.66. The minimum absolute atomic E-state index is 0.0954. The molecule has 0 amide bonds. The molecule has 0 aliphatic rings. The number of nitrogens with one attached hydrogen (secondary N) is 1. The van der Waals surface area contributed by atoms with Crippen molar-refractivity contribution in [3.8, 4) is 0 Å². The molecule has 0 bridgehead atoms. The van der Waals surface area contributed by atoms with Gasteiger partial charge in [-0.2, -0.15) is 0 Å². The van der Waals surface area contributed by atoms with Crippen molar-refractivity contribution in [1.29, 1.82) is 0 Å². The fourth-order valence-electron chi connectivity index (χ4n) is 1.56. The second kappa shape index (κ2) is 7.37. The largest absolute Gasteiger partial charge is 0.469 e. The molecule has 2 N–H and O–H groups in total. The summed E-state index contributed by atoms with van der Waals surface area (Å²) in [5.74, 6) is -0.384. The monoisotopic (exact) mass is 301 g/mol. The Labute approximate surface area is 118 Å². The van der Waals surface area contributed by atoms with E-state index in [1.165, 1.54) is 19.2 Å². The van der Waals surface area contributed by atoms with E-state index >= 15 is 0 Å². The summed E-state index contributed by atoms with van der Waals surface area (Å²) in [5.41, 5.74) is 0.671. The van der Waals surface area contributed by atoms with E-state index in [0.717, 1.165) is 0 Å². The van der Waals surface area contributed by atoms with Gasteiger partial charge in [0.2, 0.25) is 10.0 Å². The van der Waals surface area contributed by atoms with E-state index in [1.807, 2.05) is 0 Å². The summed E-state index contributed by atoms with van der Waals surface area (Å²) in [6, 6.07) is 5.46. The molecule has 1 rings (SSSR count). The van der Waals surface area contributed by atoms with Crippen LogP contribution in [0.5, 0.6) is 0 Å². The molecule has 6 nitrogen and oxygen atoms in total. The third-order valence-electron chi connectivity index (χ3n) is 2.84. The molecule has 0 spiro atoms. The highest BCUT2D eigenvalue weighted by molar-refractivity contribution is 7.89. The molecule has 1 aromatic carbocycles. The average Bonchev–Trinajstić information content (AvgIpc) is 2.45. The second-order valence-corrected chi connectivity index (χ2v) is 6.02. The first kappa shape index (κ1) is 16.6. The predicted molar refractivity (Wildman–Crippen MR) is 73.6 cm³/mol. The molecule has 0 fully saturated rings. The van der Waals surface area contributed by atoms with Gasteiger partial charge in [-0.05, 0) is 24.1 Å². The summed E-state index contributed by atoms with van der Waals surface area (Å²) < 4.78 is 31.0. The SMILES string of the molecule is CCC(CO)NS(=O)(=O)c1ccc(CC(=O)OC)cc1. The Kier molecular flexibility index (Phi) is 6.12. The van der Waals surface area contributed by atoms with E-state index < -0.39 is 16.1 Å². The topological polar surface area (TPSA) is 92.7 Å². The molecule has 1 atom stereocenters. The molecular weight excluding hydrogens is 282 g/mol. The van der Waals surface area contributed by atoms with Gasteiger partial charge in [-0.3, -0.25) is 4.79 Å². The van der Waals surface area contributed by atoms with Gasteiger partial charge in [-0.1, -0.05) is 19.1 Å². The van der Waals surface area contributed by atoms with Gasteiger partial charge < -0.3 is 9.84 Å². The zero-order chi connectivity index (χ0) is 15.2. The molecule has 0 aliphatic heterocycles. The van der Waals surface area contributed by atoms with Crippen LogP contribution in [-0.2, 0) is 26.0 Å². The highest BCUT2D eigenvalue weighted by atomic mass is 32.2. The van der Waals surface area contributed by atoms with Crippen molar-refractivity contribution in [3.05, 3.63) is 29.8 Å². The zero-order valence-corrected chi connectivity index (χ0v) is 12.3. The average molecular weight is 301 g/mol. The van der Waals surface area contributed by atoms with Crippen LogP contribution in [-0.4, -0.2) is 39.3 Å². The van der Waals surface area contributed by atoms with Crippen molar-refractivity contribution < 1.29 is 23.1 Å². The number of ether oxygens (including phenoxy) is 1. The van der Waals surface area contributed by atoms with Gasteiger partial charge in [-0.15, -0.1) is 0 Å². The van der Waals surface area contributed by atoms with Gasteiger partial charge in [-0.25, -0.2) is 13.1 Å². The number of hydrogen-bond acceptors (Lipinski definition) is 5. The lowest BCUT2D eigenvalue weighted by Crippen LogP contribution is -2.36. The van der Waals surface area contributed by atoms with Gasteiger partial charge in [0.25, 0.3) is 0 Å². The molecule has 0 aliphatic carbocycles. The van der Waals surface area contributed by atoms with Gasteiger partial charge in [0.05, 0.1) is 25.0 Å². The summed E-state index contributed by atoms with van der Waals surface area (Å²) in [6.07, 6.45) is 0.592. The van der Waals surface area contributed by atoms with Gasteiger partial charge in [0.15, 0.2) is 0 Å². The fourth-order valence-corrected chi connectivity index (χ4v) is 2.87. The maximum atomic E-state index is 12.0. The van der Waals surface area contributed by atoms with Crippen LogP contribution in [0.3, 0.4) is 0 Å². The van der Waals surface area contributed by atoms with E-state index in [9.17, 15) is 13.2 Å². The van der Waals surface area contributed by atoms with Crippen LogP contribution in [0.2, 0.25) is 0 Å². The lowest BCUT2D eigenvalue weighted by molar-refractivity contribution is -0.139. The van der Waals surface area contributed by atoms with Crippen molar-refractivity contribution in [2.24, 2.45) is 0 Å². The maximum Gasteiger partial charge on any atom is 0.309 e. The number of esters is 1. The van der Waals surface area contributed by atoms with Crippen molar-refractivity contribution in [2.45, 2.75) is 30.7 Å². The van der Waals surface area contributed by atoms with E-state index in [2.05, 4.69) is 9.46 Å². The molecule has 1 aromatic rings. The Balaban J connectivity index is 2.84. The minimum Gasteiger partial charge on any atom is -0.469 e. The molecule has 0 saturated heterocycles. The highest BCUT2D eigenvalue weighted by Crippen LogP contribution is 2.12. The number of hydrogen-bond donors (Lipinski definition) is 2. The summed E-state index contributed by atoms with van der Waals surface area (Å²) >= 11 is 0. The van der Waals surface area contributed by atoms with Crippen LogP contribution in [0, 0.1) is 0 Å². The zero-order valence-electron chi connectivity index (χ0n) is 11.5. The summed E-state index contributed by atoms with van der Waals surface area (Å²) in [4.78, 5) is 11.2. The Morgan fingerprint density at radius 2 is 1.95 bits per heavy atom. The smallest absolute Gasteiger partial charge is 0.309 e. The highest BCUT2D eigenvalue weighted by Gasteiger charge is 2.18. The fraction of sp³-hybridized carbons (Fsp3) is 0.462. The first-order valence-electron chi connectivity index (χ1n) is 6.22. The van der Waals surface area contributed by atoms with Gasteiger partial charge >= 0.3 is 5.97 Å². The van der Waals surface area contributed by atoms with Crippen LogP contribution >= 0.6 is 0 Å².